The largest absolute Gasteiger partial charge is 0.464 e. The molecule has 1 fully saturated rings. The zero-order chi connectivity index (χ0) is 15.2. The van der Waals surface area contributed by atoms with Crippen molar-refractivity contribution >= 4 is 17.8 Å². The SMILES string of the molecule is CCNc1nc(OCC)nc(N2CCOCC2C(N)=O)n1. The first-order valence-corrected chi connectivity index (χ1v) is 6.92. The first-order valence-electron chi connectivity index (χ1n) is 6.92. The minimum absolute atomic E-state index is 0.216. The summed E-state index contributed by atoms with van der Waals surface area (Å²) in [5, 5.41) is 3.01. The highest BCUT2D eigenvalue weighted by Gasteiger charge is 2.30. The van der Waals surface area contributed by atoms with Crippen molar-refractivity contribution in [2.75, 3.05) is 43.1 Å². The summed E-state index contributed by atoms with van der Waals surface area (Å²) in [5.74, 6) is 0.287. The zero-order valence-corrected chi connectivity index (χ0v) is 12.2. The Bertz CT molecular complexity index is 474. The fraction of sp³-hybridized carbons (Fsp3) is 0.667. The quantitative estimate of drug-likeness (QED) is 0.714. The van der Waals surface area contributed by atoms with Crippen molar-refractivity contribution in [2.45, 2.75) is 19.9 Å². The van der Waals surface area contributed by atoms with Crippen molar-refractivity contribution in [1.82, 2.24) is 15.0 Å². The second-order valence-electron chi connectivity index (χ2n) is 4.39. The number of aromatic nitrogens is 3. The van der Waals surface area contributed by atoms with Gasteiger partial charge in [-0.1, -0.05) is 0 Å². The molecule has 1 aromatic heterocycles. The Kier molecular flexibility index (Phi) is 5.09. The van der Waals surface area contributed by atoms with Crippen LogP contribution in [-0.2, 0) is 9.53 Å². The van der Waals surface area contributed by atoms with Crippen LogP contribution < -0.4 is 20.7 Å². The number of nitrogens with one attached hydrogen (secondary N) is 1. The van der Waals surface area contributed by atoms with Gasteiger partial charge in [0.15, 0.2) is 0 Å². The molecule has 3 N–H and O–H groups in total. The molecule has 2 heterocycles. The van der Waals surface area contributed by atoms with E-state index in [1.165, 1.54) is 0 Å². The van der Waals surface area contributed by atoms with E-state index in [0.717, 1.165) is 0 Å². The van der Waals surface area contributed by atoms with Crippen LogP contribution in [0.4, 0.5) is 11.9 Å². The number of hydrogen-bond acceptors (Lipinski definition) is 8. The predicted octanol–water partition coefficient (Wildman–Crippen LogP) is -0.607. The highest BCUT2D eigenvalue weighted by Crippen LogP contribution is 2.19. The smallest absolute Gasteiger partial charge is 0.323 e. The van der Waals surface area contributed by atoms with Crippen LogP contribution in [0.3, 0.4) is 0 Å². The van der Waals surface area contributed by atoms with Gasteiger partial charge in [0.25, 0.3) is 0 Å². The van der Waals surface area contributed by atoms with E-state index in [9.17, 15) is 4.79 Å². The van der Waals surface area contributed by atoms with Gasteiger partial charge >= 0.3 is 6.01 Å². The molecule has 0 saturated carbocycles. The average molecular weight is 296 g/mol. The maximum Gasteiger partial charge on any atom is 0.323 e. The van der Waals surface area contributed by atoms with Gasteiger partial charge in [0, 0.05) is 13.1 Å². The van der Waals surface area contributed by atoms with E-state index in [4.69, 9.17) is 15.2 Å². The Morgan fingerprint density at radius 1 is 1.48 bits per heavy atom. The van der Waals surface area contributed by atoms with Gasteiger partial charge < -0.3 is 25.4 Å². The molecule has 2 rings (SSSR count). The summed E-state index contributed by atoms with van der Waals surface area (Å²) in [7, 11) is 0. The summed E-state index contributed by atoms with van der Waals surface area (Å²) in [6, 6.07) is -0.377. The lowest BCUT2D eigenvalue weighted by atomic mass is 10.2. The van der Waals surface area contributed by atoms with E-state index in [0.29, 0.717) is 38.2 Å². The summed E-state index contributed by atoms with van der Waals surface area (Å²) in [6.45, 7) is 6.07. The number of anilines is 2. The molecule has 0 bridgehead atoms. The van der Waals surface area contributed by atoms with Crippen LogP contribution in [0.1, 0.15) is 13.8 Å². The molecular formula is C12H20N6O3. The fourth-order valence-corrected chi connectivity index (χ4v) is 1.98. The average Bonchev–Trinajstić information content (AvgIpc) is 2.47. The van der Waals surface area contributed by atoms with Gasteiger partial charge in [0.1, 0.15) is 6.04 Å². The molecule has 116 valence electrons. The van der Waals surface area contributed by atoms with E-state index < -0.39 is 11.9 Å². The highest BCUT2D eigenvalue weighted by atomic mass is 16.5. The summed E-state index contributed by atoms with van der Waals surface area (Å²) in [5.41, 5.74) is 5.41. The minimum Gasteiger partial charge on any atom is -0.464 e. The number of amides is 1. The molecule has 1 unspecified atom stereocenters. The topological polar surface area (TPSA) is 115 Å². The highest BCUT2D eigenvalue weighted by molar-refractivity contribution is 5.83. The Hall–Kier alpha value is -2.16. The molecule has 1 saturated heterocycles. The maximum atomic E-state index is 11.5. The van der Waals surface area contributed by atoms with Gasteiger partial charge in [-0.05, 0) is 13.8 Å². The molecule has 1 atom stereocenters. The van der Waals surface area contributed by atoms with E-state index >= 15 is 0 Å². The van der Waals surface area contributed by atoms with E-state index in [-0.39, 0.29) is 12.6 Å². The summed E-state index contributed by atoms with van der Waals surface area (Å²) >= 11 is 0. The van der Waals surface area contributed by atoms with Crippen molar-refractivity contribution in [2.24, 2.45) is 5.73 Å². The monoisotopic (exact) mass is 296 g/mol. The third-order valence-electron chi connectivity index (χ3n) is 2.93. The van der Waals surface area contributed by atoms with Crippen LogP contribution in [0.2, 0.25) is 0 Å². The number of nitrogens with zero attached hydrogens (tertiary/aromatic N) is 4. The van der Waals surface area contributed by atoms with E-state index in [1.54, 1.807) is 4.90 Å². The van der Waals surface area contributed by atoms with Crippen LogP contribution in [0.5, 0.6) is 6.01 Å². The molecule has 0 aromatic carbocycles. The molecule has 0 spiro atoms. The van der Waals surface area contributed by atoms with Gasteiger partial charge in [-0.25, -0.2) is 0 Å². The Balaban J connectivity index is 2.32. The fourth-order valence-electron chi connectivity index (χ4n) is 1.98. The molecule has 1 aromatic rings. The molecule has 9 heteroatoms. The van der Waals surface area contributed by atoms with Crippen LogP contribution in [0.15, 0.2) is 0 Å². The number of morpholine rings is 1. The number of rotatable bonds is 6. The Morgan fingerprint density at radius 3 is 2.95 bits per heavy atom. The summed E-state index contributed by atoms with van der Waals surface area (Å²) in [6.07, 6.45) is 0. The molecule has 1 aliphatic heterocycles. The number of hydrogen-bond donors (Lipinski definition) is 2. The first kappa shape index (κ1) is 15.2. The molecule has 0 radical (unpaired) electrons. The normalized spacial score (nSPS) is 18.4. The van der Waals surface area contributed by atoms with Crippen LogP contribution in [-0.4, -0.2) is 59.8 Å². The summed E-state index contributed by atoms with van der Waals surface area (Å²) < 4.78 is 10.6. The third kappa shape index (κ3) is 3.69. The molecule has 1 amide bonds. The maximum absolute atomic E-state index is 11.5. The first-order chi connectivity index (χ1) is 10.2. The number of primary amides is 1. The lowest BCUT2D eigenvalue weighted by molar-refractivity contribution is -0.121. The van der Waals surface area contributed by atoms with Gasteiger partial charge in [-0.3, -0.25) is 4.79 Å². The number of carbonyl (C=O) groups excluding carboxylic acids is 1. The van der Waals surface area contributed by atoms with E-state index in [1.807, 2.05) is 13.8 Å². The second kappa shape index (κ2) is 7.02. The van der Waals surface area contributed by atoms with Crippen LogP contribution in [0.25, 0.3) is 0 Å². The predicted molar refractivity (Wildman–Crippen MR) is 76.3 cm³/mol. The number of carbonyl (C=O) groups is 1. The van der Waals surface area contributed by atoms with Crippen molar-refractivity contribution in [3.8, 4) is 6.01 Å². The molecule has 0 aliphatic carbocycles. The van der Waals surface area contributed by atoms with Gasteiger partial charge in [-0.15, -0.1) is 0 Å². The molecule has 1 aliphatic rings. The number of nitrogens with two attached hydrogens (primary N) is 1. The second-order valence-corrected chi connectivity index (χ2v) is 4.39. The molecule has 21 heavy (non-hydrogen) atoms. The van der Waals surface area contributed by atoms with E-state index in [2.05, 4.69) is 20.3 Å². The summed E-state index contributed by atoms with van der Waals surface area (Å²) in [4.78, 5) is 26.0. The lowest BCUT2D eigenvalue weighted by Crippen LogP contribution is -2.53. The molecule has 9 nitrogen and oxygen atoms in total. The van der Waals surface area contributed by atoms with Gasteiger partial charge in [0.05, 0.1) is 19.8 Å². The minimum atomic E-state index is -0.592. The van der Waals surface area contributed by atoms with Crippen LogP contribution in [0, 0.1) is 0 Å². The third-order valence-corrected chi connectivity index (χ3v) is 2.93. The van der Waals surface area contributed by atoms with Gasteiger partial charge in [0.2, 0.25) is 17.8 Å². The number of ether oxygens (including phenoxy) is 2. The molecular weight excluding hydrogens is 276 g/mol. The van der Waals surface area contributed by atoms with Crippen molar-refractivity contribution in [3.05, 3.63) is 0 Å². The Labute approximate surface area is 122 Å². The van der Waals surface area contributed by atoms with Crippen LogP contribution >= 0.6 is 0 Å². The van der Waals surface area contributed by atoms with Crippen molar-refractivity contribution in [3.63, 3.8) is 0 Å². The standard InChI is InChI=1S/C12H20N6O3/c1-3-14-10-15-11(17-12(16-10)21-4-2)18-5-6-20-7-8(18)9(13)19/h8H,3-7H2,1-2H3,(H2,13,19)(H,14,15,16,17). The zero-order valence-electron chi connectivity index (χ0n) is 12.2. The lowest BCUT2D eigenvalue weighted by Gasteiger charge is -2.33. The van der Waals surface area contributed by atoms with Crippen molar-refractivity contribution < 1.29 is 14.3 Å². The van der Waals surface area contributed by atoms with Crippen molar-refractivity contribution in [1.29, 1.82) is 0 Å². The Morgan fingerprint density at radius 2 is 2.29 bits per heavy atom. The van der Waals surface area contributed by atoms with Gasteiger partial charge in [-0.2, -0.15) is 15.0 Å².